The Bertz CT molecular complexity index is 553. The molecule has 0 amide bonds. The van der Waals surface area contributed by atoms with E-state index in [1.54, 1.807) is 0 Å². The standard InChI is InChI=1S/C13H17N5/c1-8-4-11(7-15-6-8)13(16-14)12-5-9(2)17-18-10(12)3/h4-7,13,16H,14H2,1-3H3. The van der Waals surface area contributed by atoms with Crippen LogP contribution in [0.25, 0.3) is 0 Å². The third-order valence-electron chi connectivity index (χ3n) is 2.85. The van der Waals surface area contributed by atoms with Crippen molar-refractivity contribution >= 4 is 0 Å². The van der Waals surface area contributed by atoms with E-state index in [0.717, 1.165) is 28.1 Å². The maximum Gasteiger partial charge on any atom is 0.0743 e. The van der Waals surface area contributed by atoms with E-state index >= 15 is 0 Å². The molecule has 0 fully saturated rings. The zero-order chi connectivity index (χ0) is 13.1. The summed E-state index contributed by atoms with van der Waals surface area (Å²) in [7, 11) is 0. The second-order valence-electron chi connectivity index (χ2n) is 4.42. The van der Waals surface area contributed by atoms with Crippen molar-refractivity contribution in [2.75, 3.05) is 0 Å². The van der Waals surface area contributed by atoms with Crippen LogP contribution in [0.2, 0.25) is 0 Å². The monoisotopic (exact) mass is 243 g/mol. The normalized spacial score (nSPS) is 12.4. The van der Waals surface area contributed by atoms with Crippen LogP contribution in [0.4, 0.5) is 0 Å². The van der Waals surface area contributed by atoms with Crippen molar-refractivity contribution in [2.24, 2.45) is 5.84 Å². The van der Waals surface area contributed by atoms with Crippen LogP contribution in [0.15, 0.2) is 24.5 Å². The Balaban J connectivity index is 2.48. The highest BCUT2D eigenvalue weighted by Gasteiger charge is 2.16. The third-order valence-corrected chi connectivity index (χ3v) is 2.85. The largest absolute Gasteiger partial charge is 0.271 e. The number of nitrogens with zero attached hydrogens (tertiary/aromatic N) is 3. The number of aromatic nitrogens is 3. The fourth-order valence-corrected chi connectivity index (χ4v) is 1.96. The zero-order valence-corrected chi connectivity index (χ0v) is 10.8. The molecule has 0 bridgehead atoms. The van der Waals surface area contributed by atoms with Gasteiger partial charge in [0.1, 0.15) is 0 Å². The summed E-state index contributed by atoms with van der Waals surface area (Å²) in [5.41, 5.74) is 7.71. The van der Waals surface area contributed by atoms with E-state index in [-0.39, 0.29) is 6.04 Å². The van der Waals surface area contributed by atoms with Crippen molar-refractivity contribution in [3.8, 4) is 0 Å². The molecule has 1 atom stereocenters. The summed E-state index contributed by atoms with van der Waals surface area (Å²) in [6.07, 6.45) is 3.63. The minimum Gasteiger partial charge on any atom is -0.271 e. The second-order valence-corrected chi connectivity index (χ2v) is 4.42. The van der Waals surface area contributed by atoms with Gasteiger partial charge >= 0.3 is 0 Å². The van der Waals surface area contributed by atoms with Gasteiger partial charge in [0, 0.05) is 12.4 Å². The fourth-order valence-electron chi connectivity index (χ4n) is 1.96. The van der Waals surface area contributed by atoms with Crippen molar-refractivity contribution in [3.05, 3.63) is 52.6 Å². The Morgan fingerprint density at radius 1 is 1.11 bits per heavy atom. The molecule has 0 aromatic carbocycles. The quantitative estimate of drug-likeness (QED) is 0.628. The summed E-state index contributed by atoms with van der Waals surface area (Å²) in [4.78, 5) is 4.20. The number of nitrogens with two attached hydrogens (primary N) is 1. The third kappa shape index (κ3) is 2.52. The Morgan fingerprint density at radius 3 is 2.56 bits per heavy atom. The Kier molecular flexibility index (Phi) is 3.64. The molecular formula is C13H17N5. The summed E-state index contributed by atoms with van der Waals surface area (Å²) in [6.45, 7) is 5.85. The van der Waals surface area contributed by atoms with E-state index in [4.69, 9.17) is 5.84 Å². The molecule has 2 rings (SSSR count). The lowest BCUT2D eigenvalue weighted by Crippen LogP contribution is -2.30. The second kappa shape index (κ2) is 5.20. The van der Waals surface area contributed by atoms with Gasteiger partial charge in [0.2, 0.25) is 0 Å². The minimum atomic E-state index is -0.119. The van der Waals surface area contributed by atoms with Crippen LogP contribution in [-0.4, -0.2) is 15.2 Å². The summed E-state index contributed by atoms with van der Waals surface area (Å²) in [6, 6.07) is 3.94. The van der Waals surface area contributed by atoms with Crippen LogP contribution in [0.3, 0.4) is 0 Å². The molecular weight excluding hydrogens is 226 g/mol. The van der Waals surface area contributed by atoms with E-state index in [0.29, 0.717) is 0 Å². The number of aryl methyl sites for hydroxylation is 3. The summed E-state index contributed by atoms with van der Waals surface area (Å²) < 4.78 is 0. The Labute approximate surface area is 106 Å². The van der Waals surface area contributed by atoms with Gasteiger partial charge in [0.05, 0.1) is 17.4 Å². The van der Waals surface area contributed by atoms with Crippen molar-refractivity contribution < 1.29 is 0 Å². The van der Waals surface area contributed by atoms with Gasteiger partial charge in [-0.2, -0.15) is 10.2 Å². The summed E-state index contributed by atoms with van der Waals surface area (Å²) in [5.74, 6) is 5.68. The average molecular weight is 243 g/mol. The summed E-state index contributed by atoms with van der Waals surface area (Å²) >= 11 is 0. The highest BCUT2D eigenvalue weighted by atomic mass is 15.2. The SMILES string of the molecule is Cc1cncc(C(NN)c2cc(C)nnc2C)c1. The lowest BCUT2D eigenvalue weighted by Gasteiger charge is -2.18. The molecule has 0 spiro atoms. The highest BCUT2D eigenvalue weighted by molar-refractivity contribution is 5.34. The van der Waals surface area contributed by atoms with Gasteiger partial charge in [-0.05, 0) is 43.5 Å². The van der Waals surface area contributed by atoms with Gasteiger partial charge < -0.3 is 0 Å². The molecule has 0 saturated carbocycles. The van der Waals surface area contributed by atoms with Crippen LogP contribution in [0.5, 0.6) is 0 Å². The molecule has 1 unspecified atom stereocenters. The number of pyridine rings is 1. The van der Waals surface area contributed by atoms with Gasteiger partial charge in [0.15, 0.2) is 0 Å². The zero-order valence-electron chi connectivity index (χ0n) is 10.8. The molecule has 3 N–H and O–H groups in total. The molecule has 0 saturated heterocycles. The van der Waals surface area contributed by atoms with Gasteiger partial charge in [-0.25, -0.2) is 5.43 Å². The van der Waals surface area contributed by atoms with E-state index < -0.39 is 0 Å². The molecule has 94 valence electrons. The van der Waals surface area contributed by atoms with Crippen molar-refractivity contribution in [3.63, 3.8) is 0 Å². The van der Waals surface area contributed by atoms with Crippen molar-refractivity contribution in [1.82, 2.24) is 20.6 Å². The minimum absolute atomic E-state index is 0.119. The maximum atomic E-state index is 5.68. The van der Waals surface area contributed by atoms with Crippen LogP contribution in [-0.2, 0) is 0 Å². The van der Waals surface area contributed by atoms with Crippen LogP contribution < -0.4 is 11.3 Å². The van der Waals surface area contributed by atoms with Gasteiger partial charge in [-0.3, -0.25) is 10.8 Å². The van der Waals surface area contributed by atoms with Crippen molar-refractivity contribution in [1.29, 1.82) is 0 Å². The number of hydrazine groups is 1. The summed E-state index contributed by atoms with van der Waals surface area (Å²) in [5, 5.41) is 8.16. The molecule has 0 aliphatic carbocycles. The van der Waals surface area contributed by atoms with Crippen LogP contribution >= 0.6 is 0 Å². The van der Waals surface area contributed by atoms with E-state index in [1.165, 1.54) is 0 Å². The number of rotatable bonds is 3. The van der Waals surface area contributed by atoms with Crippen LogP contribution in [0, 0.1) is 20.8 Å². The molecule has 5 heteroatoms. The van der Waals surface area contributed by atoms with Gasteiger partial charge in [0.25, 0.3) is 0 Å². The lowest BCUT2D eigenvalue weighted by molar-refractivity contribution is 0.623. The number of nitrogens with one attached hydrogen (secondary N) is 1. The number of hydrogen-bond acceptors (Lipinski definition) is 5. The van der Waals surface area contributed by atoms with Gasteiger partial charge in [-0.1, -0.05) is 6.07 Å². The molecule has 0 aliphatic heterocycles. The van der Waals surface area contributed by atoms with E-state index in [9.17, 15) is 0 Å². The van der Waals surface area contributed by atoms with Crippen LogP contribution in [0.1, 0.15) is 34.1 Å². The number of hydrogen-bond donors (Lipinski definition) is 2. The highest BCUT2D eigenvalue weighted by Crippen LogP contribution is 2.23. The average Bonchev–Trinajstić information content (AvgIpc) is 2.35. The molecule has 0 aliphatic rings. The Morgan fingerprint density at radius 2 is 1.89 bits per heavy atom. The lowest BCUT2D eigenvalue weighted by atomic mass is 9.98. The molecule has 18 heavy (non-hydrogen) atoms. The smallest absolute Gasteiger partial charge is 0.0743 e. The molecule has 2 aromatic heterocycles. The van der Waals surface area contributed by atoms with Crippen molar-refractivity contribution in [2.45, 2.75) is 26.8 Å². The van der Waals surface area contributed by atoms with E-state index in [2.05, 4.69) is 26.7 Å². The molecule has 5 nitrogen and oxygen atoms in total. The topological polar surface area (TPSA) is 76.7 Å². The van der Waals surface area contributed by atoms with E-state index in [1.807, 2.05) is 39.2 Å². The Hall–Kier alpha value is -1.85. The molecule has 0 radical (unpaired) electrons. The first-order valence-electron chi connectivity index (χ1n) is 5.80. The molecule has 2 heterocycles. The fraction of sp³-hybridized carbons (Fsp3) is 0.308. The molecule has 2 aromatic rings. The predicted octanol–water partition coefficient (Wildman–Crippen LogP) is 1.35. The van der Waals surface area contributed by atoms with Gasteiger partial charge in [-0.15, -0.1) is 0 Å². The first kappa shape index (κ1) is 12.6. The maximum absolute atomic E-state index is 5.68. The first-order valence-corrected chi connectivity index (χ1v) is 5.80. The predicted molar refractivity (Wildman–Crippen MR) is 69.6 cm³/mol. The first-order chi connectivity index (χ1) is 8.61.